The number of hydrogen-bond donors (Lipinski definition) is 3. The van der Waals surface area contributed by atoms with E-state index in [9.17, 15) is 5.26 Å². The molecule has 3 N–H and O–H groups in total. The molecule has 0 aliphatic heterocycles. The van der Waals surface area contributed by atoms with E-state index < -0.39 is 0 Å². The molecule has 4 aromatic rings. The number of rotatable bonds is 6. The standard InChI is InChI=1S/C17H15N9O/c18-8-12-9-22-26-16(19-4-5-27)7-15(24-17(12)26)23-13-2-1-3-14(6-13)25-10-20-21-11-25/h1-3,6-7,9-11,19,27H,4-5H2,(H,23,24). The van der Waals surface area contributed by atoms with E-state index >= 15 is 0 Å². The number of aliphatic hydroxyl groups is 1. The summed E-state index contributed by atoms with van der Waals surface area (Å²) in [5.41, 5.74) is 2.50. The number of nitrogens with zero attached hydrogens (tertiary/aromatic N) is 7. The second-order valence-corrected chi connectivity index (χ2v) is 5.63. The number of fused-ring (bicyclic) bond motifs is 1. The van der Waals surface area contributed by atoms with E-state index in [-0.39, 0.29) is 6.61 Å². The van der Waals surface area contributed by atoms with Crippen molar-refractivity contribution < 1.29 is 5.11 Å². The normalized spacial score (nSPS) is 10.7. The first-order valence-electron chi connectivity index (χ1n) is 8.14. The lowest BCUT2D eigenvalue weighted by molar-refractivity contribution is 0.311. The second-order valence-electron chi connectivity index (χ2n) is 5.63. The smallest absolute Gasteiger partial charge is 0.177 e. The van der Waals surface area contributed by atoms with Gasteiger partial charge in [-0.05, 0) is 18.2 Å². The highest BCUT2D eigenvalue weighted by Gasteiger charge is 2.11. The van der Waals surface area contributed by atoms with Crippen molar-refractivity contribution in [2.24, 2.45) is 0 Å². The molecule has 10 nitrogen and oxygen atoms in total. The van der Waals surface area contributed by atoms with Crippen molar-refractivity contribution in [3.8, 4) is 11.8 Å². The molecule has 0 fully saturated rings. The van der Waals surface area contributed by atoms with Gasteiger partial charge in [0.2, 0.25) is 0 Å². The van der Waals surface area contributed by atoms with Gasteiger partial charge >= 0.3 is 0 Å². The Hall–Kier alpha value is -3.97. The fourth-order valence-electron chi connectivity index (χ4n) is 2.64. The van der Waals surface area contributed by atoms with Gasteiger partial charge in [0.15, 0.2) is 5.65 Å². The van der Waals surface area contributed by atoms with E-state index in [1.165, 1.54) is 10.7 Å². The number of benzene rings is 1. The van der Waals surface area contributed by atoms with Gasteiger partial charge in [-0.3, -0.25) is 4.57 Å². The van der Waals surface area contributed by atoms with E-state index in [1.807, 2.05) is 24.3 Å². The zero-order valence-corrected chi connectivity index (χ0v) is 14.1. The molecule has 0 saturated heterocycles. The first kappa shape index (κ1) is 16.5. The fourth-order valence-corrected chi connectivity index (χ4v) is 2.64. The number of nitrogens with one attached hydrogen (secondary N) is 2. The van der Waals surface area contributed by atoms with Crippen molar-refractivity contribution in [1.82, 2.24) is 29.4 Å². The largest absolute Gasteiger partial charge is 0.395 e. The molecular weight excluding hydrogens is 346 g/mol. The summed E-state index contributed by atoms with van der Waals surface area (Å²) in [5, 5.41) is 36.5. The first-order valence-corrected chi connectivity index (χ1v) is 8.14. The molecule has 0 saturated carbocycles. The second kappa shape index (κ2) is 7.11. The molecule has 0 amide bonds. The lowest BCUT2D eigenvalue weighted by atomic mass is 10.2. The minimum absolute atomic E-state index is 0.0278. The summed E-state index contributed by atoms with van der Waals surface area (Å²) in [7, 11) is 0. The van der Waals surface area contributed by atoms with Gasteiger partial charge in [0.25, 0.3) is 0 Å². The van der Waals surface area contributed by atoms with E-state index in [2.05, 4.69) is 37.0 Å². The van der Waals surface area contributed by atoms with Gasteiger partial charge in [0.05, 0.1) is 18.5 Å². The van der Waals surface area contributed by atoms with Crippen LogP contribution in [0.5, 0.6) is 0 Å². The maximum absolute atomic E-state index is 9.28. The molecule has 0 spiro atoms. The zero-order valence-electron chi connectivity index (χ0n) is 14.1. The molecule has 0 radical (unpaired) electrons. The van der Waals surface area contributed by atoms with Crippen LogP contribution < -0.4 is 10.6 Å². The van der Waals surface area contributed by atoms with E-state index in [0.717, 1.165) is 11.4 Å². The third kappa shape index (κ3) is 3.26. The first-order chi connectivity index (χ1) is 13.3. The predicted octanol–water partition coefficient (Wildman–Crippen LogP) is 1.33. The Morgan fingerprint density at radius 3 is 2.81 bits per heavy atom. The summed E-state index contributed by atoms with van der Waals surface area (Å²) in [6.45, 7) is 0.323. The Kier molecular flexibility index (Phi) is 4.34. The van der Waals surface area contributed by atoms with Crippen LogP contribution in [0.3, 0.4) is 0 Å². The van der Waals surface area contributed by atoms with Crippen LogP contribution in [0.2, 0.25) is 0 Å². The Balaban J connectivity index is 1.71. The van der Waals surface area contributed by atoms with Crippen LogP contribution in [0, 0.1) is 11.3 Å². The lowest BCUT2D eigenvalue weighted by Gasteiger charge is -2.12. The molecule has 27 heavy (non-hydrogen) atoms. The average molecular weight is 361 g/mol. The van der Waals surface area contributed by atoms with Gasteiger partial charge in [-0.1, -0.05) is 6.07 Å². The van der Waals surface area contributed by atoms with Gasteiger partial charge in [-0.2, -0.15) is 14.9 Å². The Labute approximate surface area is 153 Å². The summed E-state index contributed by atoms with van der Waals surface area (Å²) >= 11 is 0. The SMILES string of the molecule is N#Cc1cnn2c(NCCO)cc(Nc3cccc(-n4cnnc4)c3)nc12. The fraction of sp³-hybridized carbons (Fsp3) is 0.118. The molecule has 0 bridgehead atoms. The van der Waals surface area contributed by atoms with Gasteiger partial charge in [-0.15, -0.1) is 10.2 Å². The quantitative estimate of drug-likeness (QED) is 0.469. The van der Waals surface area contributed by atoms with Crippen molar-refractivity contribution in [3.05, 3.63) is 54.7 Å². The third-order valence-electron chi connectivity index (χ3n) is 3.85. The molecule has 3 aromatic heterocycles. The number of hydrogen-bond acceptors (Lipinski definition) is 8. The predicted molar refractivity (Wildman–Crippen MR) is 97.9 cm³/mol. The summed E-state index contributed by atoms with van der Waals surface area (Å²) in [4.78, 5) is 4.50. The monoisotopic (exact) mass is 361 g/mol. The van der Waals surface area contributed by atoms with Crippen molar-refractivity contribution >= 4 is 23.0 Å². The molecule has 10 heteroatoms. The molecule has 0 atom stereocenters. The molecule has 4 rings (SSSR count). The molecule has 1 aromatic carbocycles. The lowest BCUT2D eigenvalue weighted by Crippen LogP contribution is -2.11. The van der Waals surface area contributed by atoms with Crippen LogP contribution >= 0.6 is 0 Å². The minimum atomic E-state index is -0.0278. The number of aliphatic hydroxyl groups excluding tert-OH is 1. The molecule has 134 valence electrons. The van der Waals surface area contributed by atoms with Crippen LogP contribution in [0.15, 0.2) is 49.2 Å². The van der Waals surface area contributed by atoms with Crippen LogP contribution in [0.1, 0.15) is 5.56 Å². The van der Waals surface area contributed by atoms with Crippen molar-refractivity contribution in [2.75, 3.05) is 23.8 Å². The van der Waals surface area contributed by atoms with Crippen LogP contribution in [0.25, 0.3) is 11.3 Å². The van der Waals surface area contributed by atoms with Gasteiger partial charge in [-0.25, -0.2) is 4.98 Å². The van der Waals surface area contributed by atoms with Crippen molar-refractivity contribution in [3.63, 3.8) is 0 Å². The minimum Gasteiger partial charge on any atom is -0.395 e. The molecule has 3 heterocycles. The Morgan fingerprint density at radius 1 is 1.19 bits per heavy atom. The highest BCUT2D eigenvalue weighted by atomic mass is 16.3. The van der Waals surface area contributed by atoms with Crippen molar-refractivity contribution in [2.45, 2.75) is 0 Å². The Morgan fingerprint density at radius 2 is 2.04 bits per heavy atom. The average Bonchev–Trinajstić information content (AvgIpc) is 3.36. The summed E-state index contributed by atoms with van der Waals surface area (Å²) in [6.07, 6.45) is 4.69. The summed E-state index contributed by atoms with van der Waals surface area (Å²) in [5.74, 6) is 1.16. The summed E-state index contributed by atoms with van der Waals surface area (Å²) in [6, 6.07) is 11.5. The highest BCUT2D eigenvalue weighted by Crippen LogP contribution is 2.23. The maximum atomic E-state index is 9.28. The van der Waals surface area contributed by atoms with Gasteiger partial charge in [0, 0.05) is 18.3 Å². The number of nitriles is 1. The molecule has 0 aliphatic carbocycles. The Bertz CT molecular complexity index is 1110. The van der Waals surface area contributed by atoms with Gasteiger partial charge in [0.1, 0.15) is 35.9 Å². The summed E-state index contributed by atoms with van der Waals surface area (Å²) < 4.78 is 3.33. The highest BCUT2D eigenvalue weighted by molar-refractivity contribution is 5.67. The van der Waals surface area contributed by atoms with E-state index in [4.69, 9.17) is 5.11 Å². The van der Waals surface area contributed by atoms with Gasteiger partial charge < -0.3 is 15.7 Å². The van der Waals surface area contributed by atoms with Crippen molar-refractivity contribution in [1.29, 1.82) is 5.26 Å². The van der Waals surface area contributed by atoms with Crippen LogP contribution in [-0.2, 0) is 0 Å². The van der Waals surface area contributed by atoms with Crippen LogP contribution in [0.4, 0.5) is 17.3 Å². The topological polar surface area (TPSA) is 129 Å². The van der Waals surface area contributed by atoms with E-state index in [0.29, 0.717) is 29.4 Å². The third-order valence-corrected chi connectivity index (χ3v) is 3.85. The maximum Gasteiger partial charge on any atom is 0.177 e. The molecule has 0 unspecified atom stereocenters. The van der Waals surface area contributed by atoms with Crippen LogP contribution in [-0.4, -0.2) is 47.6 Å². The molecular formula is C17H15N9O. The van der Waals surface area contributed by atoms with E-state index in [1.54, 1.807) is 23.3 Å². The number of anilines is 3. The zero-order chi connectivity index (χ0) is 18.6. The molecule has 0 aliphatic rings. The number of aromatic nitrogens is 6.